The third-order valence-corrected chi connectivity index (χ3v) is 4.91. The largest absolute Gasteiger partial charge is 0.481 e. The van der Waals surface area contributed by atoms with Crippen LogP contribution in [0.15, 0.2) is 12.2 Å². The van der Waals surface area contributed by atoms with Crippen LogP contribution >= 0.6 is 0 Å². The van der Waals surface area contributed by atoms with Crippen molar-refractivity contribution in [2.24, 2.45) is 11.8 Å². The van der Waals surface area contributed by atoms with Crippen molar-refractivity contribution < 1.29 is 24.2 Å². The first-order chi connectivity index (χ1) is 9.61. The van der Waals surface area contributed by atoms with E-state index in [4.69, 9.17) is 9.47 Å². The predicted molar refractivity (Wildman–Crippen MR) is 66.9 cm³/mol. The molecule has 0 saturated carbocycles. The molecule has 1 spiro atoms. The summed E-state index contributed by atoms with van der Waals surface area (Å²) >= 11 is 0. The van der Waals surface area contributed by atoms with Crippen LogP contribution in [-0.4, -0.2) is 59.4 Å². The van der Waals surface area contributed by atoms with Gasteiger partial charge in [0.15, 0.2) is 0 Å². The minimum atomic E-state index is -0.946. The molecule has 4 heterocycles. The molecule has 6 heteroatoms. The van der Waals surface area contributed by atoms with Crippen LogP contribution in [-0.2, 0) is 19.1 Å². The number of carbonyl (C=O) groups excluding carboxylic acids is 1. The van der Waals surface area contributed by atoms with E-state index in [0.29, 0.717) is 13.1 Å². The lowest BCUT2D eigenvalue weighted by Crippen LogP contribution is -2.39. The molecular weight excluding hydrogens is 262 g/mol. The van der Waals surface area contributed by atoms with Crippen molar-refractivity contribution in [3.05, 3.63) is 12.2 Å². The second-order valence-electron chi connectivity index (χ2n) is 6.09. The van der Waals surface area contributed by atoms with E-state index in [0.717, 1.165) is 19.4 Å². The highest BCUT2D eigenvalue weighted by atomic mass is 16.5. The number of hydrogen-bond acceptors (Lipinski definition) is 4. The summed E-state index contributed by atoms with van der Waals surface area (Å²) in [5, 5.41) is 9.36. The zero-order valence-electron chi connectivity index (χ0n) is 11.0. The van der Waals surface area contributed by atoms with Crippen molar-refractivity contribution in [3.8, 4) is 0 Å². The first-order valence-corrected chi connectivity index (χ1v) is 7.11. The molecule has 5 atom stereocenters. The molecule has 0 aromatic rings. The van der Waals surface area contributed by atoms with E-state index in [1.165, 1.54) is 0 Å². The van der Waals surface area contributed by atoms with Gasteiger partial charge < -0.3 is 19.5 Å². The fourth-order valence-electron chi connectivity index (χ4n) is 4.05. The SMILES string of the molecule is O=C(O)[C@H]1[C@H]2C(=O)N(C[C@@H]3CCCO3)C[C@@]23C=C[C@H]1O3. The number of rotatable bonds is 3. The molecule has 1 amide bonds. The van der Waals surface area contributed by atoms with Crippen LogP contribution in [0.2, 0.25) is 0 Å². The highest BCUT2D eigenvalue weighted by Crippen LogP contribution is 2.51. The number of aliphatic carboxylic acids is 1. The lowest BCUT2D eigenvalue weighted by molar-refractivity contribution is -0.148. The molecule has 1 N–H and O–H groups in total. The standard InChI is InChI=1S/C14H17NO5/c16-12-11-10(13(17)18)9-3-4-14(11,20-9)7-15(12)6-8-2-1-5-19-8/h3-4,8-11H,1-2,5-7H2,(H,17,18)/t8-,9+,10+,11-,14-/m0/s1. The molecule has 0 aromatic heterocycles. The Morgan fingerprint density at radius 3 is 3.10 bits per heavy atom. The number of fused-ring (bicyclic) bond motifs is 1. The number of hydrogen-bond donors (Lipinski definition) is 1. The summed E-state index contributed by atoms with van der Waals surface area (Å²) in [6, 6.07) is 0. The lowest BCUT2D eigenvalue weighted by Gasteiger charge is -2.23. The summed E-state index contributed by atoms with van der Waals surface area (Å²) < 4.78 is 11.4. The molecule has 0 aromatic carbocycles. The van der Waals surface area contributed by atoms with Gasteiger partial charge in [0.1, 0.15) is 11.5 Å². The van der Waals surface area contributed by atoms with Gasteiger partial charge in [-0.15, -0.1) is 0 Å². The average Bonchev–Trinajstić information content (AvgIpc) is 3.12. The van der Waals surface area contributed by atoms with Crippen LogP contribution in [0.25, 0.3) is 0 Å². The van der Waals surface area contributed by atoms with Gasteiger partial charge in [0.25, 0.3) is 0 Å². The smallest absolute Gasteiger partial charge is 0.310 e. The van der Waals surface area contributed by atoms with E-state index in [-0.39, 0.29) is 12.0 Å². The van der Waals surface area contributed by atoms with Crippen molar-refractivity contribution in [2.45, 2.75) is 30.7 Å². The first-order valence-electron chi connectivity index (χ1n) is 7.11. The number of amides is 1. The molecule has 6 nitrogen and oxygen atoms in total. The van der Waals surface area contributed by atoms with Gasteiger partial charge in [-0.1, -0.05) is 12.2 Å². The molecule has 2 bridgehead atoms. The highest BCUT2D eigenvalue weighted by molar-refractivity contribution is 5.90. The van der Waals surface area contributed by atoms with E-state index in [2.05, 4.69) is 0 Å². The van der Waals surface area contributed by atoms with Gasteiger partial charge in [-0.3, -0.25) is 9.59 Å². The van der Waals surface area contributed by atoms with E-state index in [9.17, 15) is 14.7 Å². The summed E-state index contributed by atoms with van der Waals surface area (Å²) in [5.41, 5.74) is -0.719. The van der Waals surface area contributed by atoms with Gasteiger partial charge in [-0.25, -0.2) is 0 Å². The van der Waals surface area contributed by atoms with Crippen molar-refractivity contribution in [2.75, 3.05) is 19.7 Å². The number of nitrogens with zero attached hydrogens (tertiary/aromatic N) is 1. The van der Waals surface area contributed by atoms with Crippen molar-refractivity contribution in [3.63, 3.8) is 0 Å². The zero-order chi connectivity index (χ0) is 13.9. The average molecular weight is 279 g/mol. The van der Waals surface area contributed by atoms with Crippen LogP contribution < -0.4 is 0 Å². The van der Waals surface area contributed by atoms with Crippen molar-refractivity contribution in [1.82, 2.24) is 4.90 Å². The summed E-state index contributed by atoms with van der Waals surface area (Å²) in [7, 11) is 0. The van der Waals surface area contributed by atoms with E-state index in [1.807, 2.05) is 6.08 Å². The topological polar surface area (TPSA) is 76.1 Å². The first kappa shape index (κ1) is 12.3. The minimum absolute atomic E-state index is 0.0821. The van der Waals surface area contributed by atoms with Crippen LogP contribution in [0.4, 0.5) is 0 Å². The monoisotopic (exact) mass is 279 g/mol. The number of carboxylic acids is 1. The predicted octanol–water partition coefficient (Wildman–Crippen LogP) is 0.0320. The van der Waals surface area contributed by atoms with Crippen LogP contribution in [0.1, 0.15) is 12.8 Å². The Kier molecular flexibility index (Phi) is 2.50. The third kappa shape index (κ3) is 1.52. The van der Waals surface area contributed by atoms with Gasteiger partial charge in [0.05, 0.1) is 24.7 Å². The highest BCUT2D eigenvalue weighted by Gasteiger charge is 2.67. The number of carboxylic acid groups (broad SMARTS) is 1. The summed E-state index contributed by atoms with van der Waals surface area (Å²) in [4.78, 5) is 25.7. The maximum absolute atomic E-state index is 12.6. The molecule has 3 fully saturated rings. The second-order valence-corrected chi connectivity index (χ2v) is 6.09. The van der Waals surface area contributed by atoms with Crippen LogP contribution in [0.5, 0.6) is 0 Å². The fraction of sp³-hybridized carbons (Fsp3) is 0.714. The lowest BCUT2D eigenvalue weighted by atomic mass is 9.77. The third-order valence-electron chi connectivity index (χ3n) is 4.91. The number of ether oxygens (including phenoxy) is 2. The molecule has 108 valence electrons. The molecule has 4 aliphatic heterocycles. The second kappa shape index (κ2) is 4.05. The molecule has 4 aliphatic rings. The molecule has 0 radical (unpaired) electrons. The van der Waals surface area contributed by atoms with Gasteiger partial charge >= 0.3 is 5.97 Å². The number of likely N-dealkylation sites (tertiary alicyclic amines) is 1. The quantitative estimate of drug-likeness (QED) is 0.738. The van der Waals surface area contributed by atoms with Gasteiger partial charge in [-0.2, -0.15) is 0 Å². The molecule has 20 heavy (non-hydrogen) atoms. The van der Waals surface area contributed by atoms with Crippen LogP contribution in [0.3, 0.4) is 0 Å². The Hall–Kier alpha value is -1.40. The Morgan fingerprint density at radius 1 is 1.55 bits per heavy atom. The van der Waals surface area contributed by atoms with Crippen LogP contribution in [0, 0.1) is 11.8 Å². The molecule has 0 aliphatic carbocycles. The Morgan fingerprint density at radius 2 is 2.40 bits per heavy atom. The summed E-state index contributed by atoms with van der Waals surface area (Å²) in [5.74, 6) is -2.36. The minimum Gasteiger partial charge on any atom is -0.481 e. The van der Waals surface area contributed by atoms with Crippen molar-refractivity contribution in [1.29, 1.82) is 0 Å². The van der Waals surface area contributed by atoms with E-state index >= 15 is 0 Å². The van der Waals surface area contributed by atoms with E-state index < -0.39 is 29.5 Å². The summed E-state index contributed by atoms with van der Waals surface area (Å²) in [6.07, 6.45) is 5.29. The molecule has 3 saturated heterocycles. The van der Waals surface area contributed by atoms with E-state index in [1.54, 1.807) is 11.0 Å². The fourth-order valence-corrected chi connectivity index (χ4v) is 4.05. The Bertz CT molecular complexity index is 498. The Labute approximate surface area is 116 Å². The number of carbonyl (C=O) groups is 2. The molecule has 0 unspecified atom stereocenters. The zero-order valence-corrected chi connectivity index (χ0v) is 11.0. The molecule has 4 rings (SSSR count). The normalized spacial score (nSPS) is 45.4. The van der Waals surface area contributed by atoms with Gasteiger partial charge in [-0.05, 0) is 12.8 Å². The maximum Gasteiger partial charge on any atom is 0.310 e. The van der Waals surface area contributed by atoms with Crippen molar-refractivity contribution >= 4 is 11.9 Å². The summed E-state index contributed by atoms with van der Waals surface area (Å²) in [6.45, 7) is 1.75. The maximum atomic E-state index is 12.6. The van der Waals surface area contributed by atoms with Gasteiger partial charge in [0.2, 0.25) is 5.91 Å². The van der Waals surface area contributed by atoms with Gasteiger partial charge in [0, 0.05) is 13.2 Å². The molecular formula is C14H17NO5. The Balaban J connectivity index is 1.58.